The van der Waals surface area contributed by atoms with E-state index in [0.29, 0.717) is 11.3 Å². The number of aromatic nitrogens is 1. The zero-order valence-electron chi connectivity index (χ0n) is 13.5. The number of nitriles is 1. The standard InChI is InChI=1S/C20H15FN3O/c1-24-9-3-5-12-7-8-15-17(13-4-2-6-14(21)10-13)16(11-22)20(23)25-19(15)18(12)24/h2-10,17H,23H2,1H3/q+1/t17-/m1/s1. The fourth-order valence-corrected chi connectivity index (χ4v) is 3.40. The van der Waals surface area contributed by atoms with E-state index in [-0.39, 0.29) is 17.3 Å². The summed E-state index contributed by atoms with van der Waals surface area (Å²) in [6, 6.07) is 16.2. The van der Waals surface area contributed by atoms with Crippen LogP contribution in [0.5, 0.6) is 5.75 Å². The van der Waals surface area contributed by atoms with Gasteiger partial charge in [-0.3, -0.25) is 0 Å². The Labute approximate surface area is 144 Å². The number of hydrogen-bond donors (Lipinski definition) is 1. The molecular formula is C20H15FN3O+. The summed E-state index contributed by atoms with van der Waals surface area (Å²) in [6.07, 6.45) is 1.92. The lowest BCUT2D eigenvalue weighted by Gasteiger charge is -2.26. The molecule has 4 nitrogen and oxygen atoms in total. The van der Waals surface area contributed by atoms with Crippen LogP contribution in [0, 0.1) is 17.1 Å². The van der Waals surface area contributed by atoms with Crippen molar-refractivity contribution in [2.24, 2.45) is 12.8 Å². The van der Waals surface area contributed by atoms with Crippen molar-refractivity contribution in [3.63, 3.8) is 0 Å². The second-order valence-corrected chi connectivity index (χ2v) is 6.02. The van der Waals surface area contributed by atoms with Gasteiger partial charge in [-0.2, -0.15) is 9.83 Å². The minimum absolute atomic E-state index is 0.0561. The first-order chi connectivity index (χ1) is 12.1. The molecule has 2 heterocycles. The van der Waals surface area contributed by atoms with E-state index in [4.69, 9.17) is 10.5 Å². The zero-order valence-corrected chi connectivity index (χ0v) is 13.5. The summed E-state index contributed by atoms with van der Waals surface area (Å²) in [5.74, 6) is -0.159. The van der Waals surface area contributed by atoms with E-state index in [9.17, 15) is 9.65 Å². The summed E-state index contributed by atoms with van der Waals surface area (Å²) >= 11 is 0. The molecule has 1 aliphatic rings. The van der Waals surface area contributed by atoms with E-state index < -0.39 is 5.92 Å². The monoisotopic (exact) mass is 332 g/mol. The van der Waals surface area contributed by atoms with Crippen LogP contribution < -0.4 is 15.0 Å². The van der Waals surface area contributed by atoms with Gasteiger partial charge < -0.3 is 10.5 Å². The first-order valence-electron chi connectivity index (χ1n) is 7.84. The van der Waals surface area contributed by atoms with E-state index in [1.165, 1.54) is 12.1 Å². The predicted octanol–water partition coefficient (Wildman–Crippen LogP) is 3.02. The third-order valence-electron chi connectivity index (χ3n) is 4.51. The molecule has 25 heavy (non-hydrogen) atoms. The van der Waals surface area contributed by atoms with Crippen LogP contribution in [0.15, 0.2) is 66.2 Å². The average molecular weight is 332 g/mol. The summed E-state index contributed by atoms with van der Waals surface area (Å²) in [7, 11) is 1.92. The van der Waals surface area contributed by atoms with E-state index in [1.54, 1.807) is 12.1 Å². The lowest BCUT2D eigenvalue weighted by atomic mass is 9.83. The number of halogens is 1. The number of aryl methyl sites for hydroxylation is 1. The molecule has 0 bridgehead atoms. The van der Waals surface area contributed by atoms with Crippen LogP contribution in [-0.2, 0) is 7.05 Å². The van der Waals surface area contributed by atoms with Gasteiger partial charge in [-0.25, -0.2) is 4.39 Å². The Morgan fingerprint density at radius 1 is 1.20 bits per heavy atom. The number of nitrogens with two attached hydrogens (primary N) is 1. The summed E-state index contributed by atoms with van der Waals surface area (Å²) in [5, 5.41) is 10.6. The molecule has 1 atom stereocenters. The third kappa shape index (κ3) is 2.31. The quantitative estimate of drug-likeness (QED) is 0.697. The van der Waals surface area contributed by atoms with Crippen molar-refractivity contribution in [1.29, 1.82) is 5.26 Å². The Bertz CT molecular complexity index is 1080. The van der Waals surface area contributed by atoms with E-state index in [1.807, 2.05) is 42.1 Å². The van der Waals surface area contributed by atoms with Crippen LogP contribution in [-0.4, -0.2) is 0 Å². The zero-order chi connectivity index (χ0) is 17.6. The first-order valence-corrected chi connectivity index (χ1v) is 7.84. The summed E-state index contributed by atoms with van der Waals surface area (Å²) in [6.45, 7) is 0. The van der Waals surface area contributed by atoms with Gasteiger partial charge in [-0.05, 0) is 29.8 Å². The molecule has 1 aromatic heterocycles. The van der Waals surface area contributed by atoms with Crippen molar-refractivity contribution in [2.45, 2.75) is 5.92 Å². The van der Waals surface area contributed by atoms with Gasteiger partial charge >= 0.3 is 0 Å². The van der Waals surface area contributed by atoms with Gasteiger partial charge in [0.15, 0.2) is 6.20 Å². The van der Waals surface area contributed by atoms with Crippen LogP contribution in [0.25, 0.3) is 10.9 Å². The number of ether oxygens (including phenoxy) is 1. The molecule has 5 heteroatoms. The number of nitrogens with zero attached hydrogens (tertiary/aromatic N) is 2. The lowest BCUT2D eigenvalue weighted by molar-refractivity contribution is -0.645. The molecule has 4 rings (SSSR count). The number of pyridine rings is 1. The highest BCUT2D eigenvalue weighted by Gasteiger charge is 2.34. The molecule has 1 aliphatic heterocycles. The third-order valence-corrected chi connectivity index (χ3v) is 4.51. The number of benzene rings is 2. The van der Waals surface area contributed by atoms with E-state index >= 15 is 0 Å². The van der Waals surface area contributed by atoms with Gasteiger partial charge in [0.1, 0.15) is 24.5 Å². The highest BCUT2D eigenvalue weighted by Crippen LogP contribution is 2.44. The number of hydrogen-bond acceptors (Lipinski definition) is 3. The predicted molar refractivity (Wildman–Crippen MR) is 90.8 cm³/mol. The molecule has 0 aliphatic carbocycles. The molecule has 2 N–H and O–H groups in total. The summed E-state index contributed by atoms with van der Waals surface area (Å²) < 4.78 is 21.6. The Kier molecular flexibility index (Phi) is 3.40. The summed E-state index contributed by atoms with van der Waals surface area (Å²) in [4.78, 5) is 0. The van der Waals surface area contributed by atoms with Crippen molar-refractivity contribution >= 4 is 10.9 Å². The molecule has 2 aromatic carbocycles. The summed E-state index contributed by atoms with van der Waals surface area (Å²) in [5.41, 5.74) is 8.67. The van der Waals surface area contributed by atoms with Crippen LogP contribution in [0.4, 0.5) is 4.39 Å². The second kappa shape index (κ2) is 5.60. The molecule has 0 unspecified atom stereocenters. The molecule has 0 saturated carbocycles. The maximum absolute atomic E-state index is 13.8. The maximum Gasteiger partial charge on any atom is 0.255 e. The molecule has 122 valence electrons. The molecule has 0 fully saturated rings. The maximum atomic E-state index is 13.8. The van der Waals surface area contributed by atoms with Crippen LogP contribution in [0.3, 0.4) is 0 Å². The normalized spacial score (nSPS) is 16.3. The fourth-order valence-electron chi connectivity index (χ4n) is 3.40. The van der Waals surface area contributed by atoms with Crippen molar-refractivity contribution < 1.29 is 13.7 Å². The average Bonchev–Trinajstić information content (AvgIpc) is 2.60. The van der Waals surface area contributed by atoms with Crippen LogP contribution >= 0.6 is 0 Å². The SMILES string of the molecule is C[n+]1cccc2ccc3c(c21)OC(N)=C(C#N)[C@@H]3c1cccc(F)c1. The molecule has 0 saturated heterocycles. The van der Waals surface area contributed by atoms with Crippen molar-refractivity contribution in [2.75, 3.05) is 0 Å². The van der Waals surface area contributed by atoms with Crippen molar-refractivity contribution in [1.82, 2.24) is 0 Å². The smallest absolute Gasteiger partial charge is 0.255 e. The molecule has 3 aromatic rings. The van der Waals surface area contributed by atoms with Gasteiger partial charge in [0.25, 0.3) is 5.52 Å². The Morgan fingerprint density at radius 3 is 2.80 bits per heavy atom. The molecule has 0 radical (unpaired) electrons. The highest BCUT2D eigenvalue weighted by molar-refractivity contribution is 5.84. The van der Waals surface area contributed by atoms with Gasteiger partial charge in [0.05, 0.1) is 11.3 Å². The second-order valence-electron chi connectivity index (χ2n) is 6.02. The van der Waals surface area contributed by atoms with Gasteiger partial charge in [-0.1, -0.05) is 18.2 Å². The Morgan fingerprint density at radius 2 is 2.04 bits per heavy atom. The largest absolute Gasteiger partial charge is 0.433 e. The minimum atomic E-state index is -0.464. The van der Waals surface area contributed by atoms with E-state index in [0.717, 1.165) is 16.5 Å². The molecular weight excluding hydrogens is 317 g/mol. The molecule has 0 spiro atoms. The van der Waals surface area contributed by atoms with Crippen LogP contribution in [0.2, 0.25) is 0 Å². The van der Waals surface area contributed by atoms with E-state index in [2.05, 4.69) is 6.07 Å². The highest BCUT2D eigenvalue weighted by atomic mass is 19.1. The van der Waals surface area contributed by atoms with Gasteiger partial charge in [0.2, 0.25) is 11.6 Å². The van der Waals surface area contributed by atoms with Gasteiger partial charge in [0, 0.05) is 11.6 Å². The number of fused-ring (bicyclic) bond motifs is 3. The minimum Gasteiger partial charge on any atom is -0.433 e. The lowest BCUT2D eigenvalue weighted by Crippen LogP contribution is -2.30. The number of rotatable bonds is 1. The Hall–Kier alpha value is -3.39. The fraction of sp³-hybridized carbons (Fsp3) is 0.100. The molecule has 0 amide bonds. The Balaban J connectivity index is 2.05. The van der Waals surface area contributed by atoms with Crippen molar-refractivity contribution in [3.05, 3.63) is 83.1 Å². The van der Waals surface area contributed by atoms with Crippen LogP contribution in [0.1, 0.15) is 17.0 Å². The number of allylic oxidation sites excluding steroid dienone is 1. The topological polar surface area (TPSA) is 62.9 Å². The first kappa shape index (κ1) is 15.2. The van der Waals surface area contributed by atoms with Crippen molar-refractivity contribution in [3.8, 4) is 11.8 Å². The van der Waals surface area contributed by atoms with Gasteiger partial charge in [-0.15, -0.1) is 0 Å².